The maximum Gasteiger partial charge on any atom is 0.323 e. The molecule has 0 N–H and O–H groups in total. The van der Waals surface area contributed by atoms with Crippen molar-refractivity contribution >= 4 is 5.97 Å². The van der Waals surface area contributed by atoms with Crippen molar-refractivity contribution in [2.45, 2.75) is 46.6 Å². The van der Waals surface area contributed by atoms with Crippen molar-refractivity contribution in [3.63, 3.8) is 0 Å². The Morgan fingerprint density at radius 3 is 2.07 bits per heavy atom. The van der Waals surface area contributed by atoms with E-state index in [2.05, 4.69) is 18.7 Å². The van der Waals surface area contributed by atoms with Gasteiger partial charge in [-0.3, -0.25) is 9.69 Å². The Bertz CT molecular complexity index is 153. The summed E-state index contributed by atoms with van der Waals surface area (Å²) in [7, 11) is 0. The van der Waals surface area contributed by atoms with Crippen LogP contribution < -0.4 is 0 Å². The third-order valence-corrected chi connectivity index (χ3v) is 2.20. The van der Waals surface area contributed by atoms with Gasteiger partial charge < -0.3 is 4.74 Å². The quantitative estimate of drug-likeness (QED) is 0.590. The third-order valence-electron chi connectivity index (χ3n) is 2.20. The average Bonchev–Trinajstić information content (AvgIpc) is 2.17. The zero-order valence-electron chi connectivity index (χ0n) is 9.88. The second-order valence-electron chi connectivity index (χ2n) is 3.46. The number of carbonyl (C=O) groups excluding carboxylic acids is 1. The van der Waals surface area contributed by atoms with Crippen LogP contribution >= 0.6 is 0 Å². The minimum absolute atomic E-state index is 0.102. The number of hydrogen-bond acceptors (Lipinski definition) is 3. The van der Waals surface area contributed by atoms with Crippen LogP contribution in [0.4, 0.5) is 0 Å². The average molecular weight is 201 g/mol. The van der Waals surface area contributed by atoms with Crippen LogP contribution in [0.5, 0.6) is 0 Å². The zero-order chi connectivity index (χ0) is 11.0. The molecule has 0 aromatic carbocycles. The molecule has 0 aliphatic rings. The lowest BCUT2D eigenvalue weighted by molar-refractivity contribution is -0.148. The molecular weight excluding hydrogens is 178 g/mol. The van der Waals surface area contributed by atoms with E-state index in [1.165, 1.54) is 0 Å². The molecule has 0 aromatic heterocycles. The van der Waals surface area contributed by atoms with Crippen LogP contribution in [0.3, 0.4) is 0 Å². The molecule has 1 atom stereocenters. The summed E-state index contributed by atoms with van der Waals surface area (Å²) in [4.78, 5) is 13.6. The summed E-state index contributed by atoms with van der Waals surface area (Å²) < 4.78 is 5.00. The van der Waals surface area contributed by atoms with Gasteiger partial charge in [-0.05, 0) is 39.8 Å². The predicted molar refractivity (Wildman–Crippen MR) is 58.3 cm³/mol. The van der Waals surface area contributed by atoms with Gasteiger partial charge in [-0.15, -0.1) is 0 Å². The molecule has 84 valence electrons. The summed E-state index contributed by atoms with van der Waals surface area (Å²) in [5.41, 5.74) is 0. The molecule has 0 fully saturated rings. The van der Waals surface area contributed by atoms with Gasteiger partial charge in [0.25, 0.3) is 0 Å². The monoisotopic (exact) mass is 201 g/mol. The fourth-order valence-corrected chi connectivity index (χ4v) is 1.49. The Morgan fingerprint density at radius 1 is 1.21 bits per heavy atom. The highest BCUT2D eigenvalue weighted by molar-refractivity contribution is 5.75. The number of esters is 1. The van der Waals surface area contributed by atoms with Gasteiger partial charge >= 0.3 is 5.97 Å². The van der Waals surface area contributed by atoms with Gasteiger partial charge in [-0.2, -0.15) is 0 Å². The van der Waals surface area contributed by atoms with E-state index in [1.54, 1.807) is 0 Å². The summed E-state index contributed by atoms with van der Waals surface area (Å²) in [6.45, 7) is 10.4. The van der Waals surface area contributed by atoms with Crippen LogP contribution in [-0.4, -0.2) is 36.6 Å². The van der Waals surface area contributed by atoms with E-state index in [4.69, 9.17) is 4.74 Å². The van der Waals surface area contributed by atoms with Crippen LogP contribution in [0.25, 0.3) is 0 Å². The standard InChI is InChI=1S/C11H23NO2/c1-5-8-12(9-6-2)10(4)11(13)14-7-3/h10H,5-9H2,1-4H3/t10-/m1/s1. The summed E-state index contributed by atoms with van der Waals surface area (Å²) >= 11 is 0. The molecule has 0 amide bonds. The van der Waals surface area contributed by atoms with Crippen molar-refractivity contribution < 1.29 is 9.53 Å². The molecule has 0 radical (unpaired) electrons. The van der Waals surface area contributed by atoms with Gasteiger partial charge in [0.2, 0.25) is 0 Å². The van der Waals surface area contributed by atoms with Crippen molar-refractivity contribution in [3.05, 3.63) is 0 Å². The van der Waals surface area contributed by atoms with Crippen molar-refractivity contribution in [2.75, 3.05) is 19.7 Å². The van der Waals surface area contributed by atoms with E-state index in [-0.39, 0.29) is 12.0 Å². The lowest BCUT2D eigenvalue weighted by atomic mass is 10.2. The summed E-state index contributed by atoms with van der Waals surface area (Å²) in [6.07, 6.45) is 2.15. The molecule has 0 bridgehead atoms. The van der Waals surface area contributed by atoms with E-state index >= 15 is 0 Å². The maximum atomic E-state index is 11.5. The van der Waals surface area contributed by atoms with E-state index < -0.39 is 0 Å². The zero-order valence-corrected chi connectivity index (χ0v) is 9.88. The largest absolute Gasteiger partial charge is 0.465 e. The predicted octanol–water partition coefficient (Wildman–Crippen LogP) is 2.06. The first kappa shape index (κ1) is 13.4. The Kier molecular flexibility index (Phi) is 7.48. The van der Waals surface area contributed by atoms with Crippen LogP contribution in [0.15, 0.2) is 0 Å². The van der Waals surface area contributed by atoms with Gasteiger partial charge in [-0.25, -0.2) is 0 Å². The molecule has 0 aliphatic carbocycles. The SMILES string of the molecule is CCCN(CCC)[C@H](C)C(=O)OCC. The highest BCUT2D eigenvalue weighted by Gasteiger charge is 2.20. The number of nitrogens with zero attached hydrogens (tertiary/aromatic N) is 1. The Labute approximate surface area is 87.4 Å². The van der Waals surface area contributed by atoms with Gasteiger partial charge in [0.1, 0.15) is 6.04 Å². The first-order valence-electron chi connectivity index (χ1n) is 5.57. The van der Waals surface area contributed by atoms with Gasteiger partial charge in [0, 0.05) is 0 Å². The van der Waals surface area contributed by atoms with Crippen LogP contribution in [0.2, 0.25) is 0 Å². The molecule has 0 saturated carbocycles. The number of hydrogen-bond donors (Lipinski definition) is 0. The van der Waals surface area contributed by atoms with Crippen LogP contribution in [0.1, 0.15) is 40.5 Å². The van der Waals surface area contributed by atoms with Crippen molar-refractivity contribution in [1.82, 2.24) is 4.90 Å². The first-order valence-corrected chi connectivity index (χ1v) is 5.57. The minimum atomic E-state index is -0.102. The summed E-state index contributed by atoms with van der Waals surface area (Å²) in [5.74, 6) is -0.102. The molecule has 0 spiro atoms. The number of rotatable bonds is 7. The van der Waals surface area contributed by atoms with Crippen molar-refractivity contribution in [2.24, 2.45) is 0 Å². The molecule has 3 heteroatoms. The highest BCUT2D eigenvalue weighted by atomic mass is 16.5. The second kappa shape index (κ2) is 7.80. The van der Waals surface area contributed by atoms with Crippen molar-refractivity contribution in [1.29, 1.82) is 0 Å². The third kappa shape index (κ3) is 4.61. The lowest BCUT2D eigenvalue weighted by Gasteiger charge is -2.26. The van der Waals surface area contributed by atoms with Gasteiger partial charge in [0.05, 0.1) is 6.61 Å². The smallest absolute Gasteiger partial charge is 0.323 e. The highest BCUT2D eigenvalue weighted by Crippen LogP contribution is 2.04. The molecule has 0 unspecified atom stereocenters. The van der Waals surface area contributed by atoms with Crippen LogP contribution in [0, 0.1) is 0 Å². The first-order chi connectivity index (χ1) is 6.67. The maximum absolute atomic E-state index is 11.5. The Balaban J connectivity index is 4.11. The molecule has 0 saturated heterocycles. The number of carbonyl (C=O) groups is 1. The normalized spacial score (nSPS) is 12.9. The number of ether oxygens (including phenoxy) is 1. The fraction of sp³-hybridized carbons (Fsp3) is 0.909. The fourth-order valence-electron chi connectivity index (χ4n) is 1.49. The topological polar surface area (TPSA) is 29.5 Å². The van der Waals surface area contributed by atoms with Gasteiger partial charge in [0.15, 0.2) is 0 Å². The van der Waals surface area contributed by atoms with E-state index in [0.29, 0.717) is 6.61 Å². The van der Waals surface area contributed by atoms with Crippen LogP contribution in [-0.2, 0) is 9.53 Å². The van der Waals surface area contributed by atoms with E-state index in [9.17, 15) is 4.79 Å². The summed E-state index contributed by atoms with van der Waals surface area (Å²) in [5, 5.41) is 0. The second-order valence-corrected chi connectivity index (χ2v) is 3.46. The molecule has 3 nitrogen and oxygen atoms in total. The van der Waals surface area contributed by atoms with Crippen molar-refractivity contribution in [3.8, 4) is 0 Å². The Hall–Kier alpha value is -0.570. The molecule has 0 rings (SSSR count). The molecule has 0 aromatic rings. The molecule has 14 heavy (non-hydrogen) atoms. The molecular formula is C11H23NO2. The summed E-state index contributed by atoms with van der Waals surface area (Å²) in [6, 6.07) is -0.102. The van der Waals surface area contributed by atoms with E-state index in [1.807, 2.05) is 13.8 Å². The van der Waals surface area contributed by atoms with Gasteiger partial charge in [-0.1, -0.05) is 13.8 Å². The Morgan fingerprint density at radius 2 is 1.71 bits per heavy atom. The molecule has 0 aliphatic heterocycles. The molecule has 0 heterocycles. The van der Waals surface area contributed by atoms with E-state index in [0.717, 1.165) is 25.9 Å². The minimum Gasteiger partial charge on any atom is -0.465 e. The lowest BCUT2D eigenvalue weighted by Crippen LogP contribution is -2.41.